The summed E-state index contributed by atoms with van der Waals surface area (Å²) < 4.78 is 3.67. The molecule has 128 valence electrons. The van der Waals surface area contributed by atoms with Crippen LogP contribution in [0.25, 0.3) is 0 Å². The minimum absolute atomic E-state index is 0.205. The quantitative estimate of drug-likeness (QED) is 0.402. The van der Waals surface area contributed by atoms with Crippen molar-refractivity contribution in [2.45, 2.75) is 5.16 Å². The van der Waals surface area contributed by atoms with Crippen molar-refractivity contribution in [2.75, 3.05) is 7.11 Å². The fourth-order valence-corrected chi connectivity index (χ4v) is 3.18. The van der Waals surface area contributed by atoms with Gasteiger partial charge in [0.15, 0.2) is 0 Å². The molecular weight excluding hydrogens is 331 g/mol. The molecule has 3 nitrogen and oxygen atoms in total. The number of carbonyl (C=O) groups is 1. The largest absolute Gasteiger partial charge is 0.505 e. The summed E-state index contributed by atoms with van der Waals surface area (Å²) in [4.78, 5) is 9.15. The van der Waals surface area contributed by atoms with E-state index in [4.69, 9.17) is 9.90 Å². The number of hydrogen-bond acceptors (Lipinski definition) is 2. The highest BCUT2D eigenvalue weighted by Gasteiger charge is 2.30. The van der Waals surface area contributed by atoms with E-state index >= 15 is 0 Å². The molecule has 0 heterocycles. The fourth-order valence-electron chi connectivity index (χ4n) is 2.60. The van der Waals surface area contributed by atoms with Crippen molar-refractivity contribution in [1.29, 1.82) is 0 Å². The Morgan fingerprint density at radius 2 is 1.00 bits per heavy atom. The Bertz CT molecular complexity index is 677. The molecule has 0 amide bonds. The molecule has 3 aromatic rings. The van der Waals surface area contributed by atoms with Gasteiger partial charge in [0.05, 0.1) is 12.3 Å². The summed E-state index contributed by atoms with van der Waals surface area (Å²) in [6.07, 6.45) is -1.25. The Balaban J connectivity index is 0.000000399. The molecule has 3 rings (SSSR count). The highest BCUT2D eigenvalue weighted by Crippen LogP contribution is 2.44. The second kappa shape index (κ2) is 9.00. The normalized spacial score (nSPS) is 10.3. The summed E-state index contributed by atoms with van der Waals surface area (Å²) in [7, 11) is 4.16. The highest BCUT2D eigenvalue weighted by atomic mass is 31.0. The zero-order valence-corrected chi connectivity index (χ0v) is 15.2. The number of carboxylic acid groups (broad SMARTS) is 1. The van der Waals surface area contributed by atoms with Gasteiger partial charge in [-0.15, -0.1) is 9.24 Å². The molecule has 0 saturated heterocycles. The molecule has 0 aliphatic carbocycles. The molecule has 0 aromatic heterocycles. The van der Waals surface area contributed by atoms with Crippen molar-refractivity contribution in [2.24, 2.45) is 0 Å². The standard InChI is InChI=1S/C19H17P.C2H4O3/c20-19(16-10-4-1-5-11-16,17-12-6-2-7-13-17)18-14-8-3-9-15-18;1-5-2(3)4/h1-15H,20H2;1H3,(H,3,4). The van der Waals surface area contributed by atoms with Crippen molar-refractivity contribution in [3.05, 3.63) is 108 Å². The van der Waals surface area contributed by atoms with Gasteiger partial charge < -0.3 is 9.84 Å². The van der Waals surface area contributed by atoms with E-state index in [9.17, 15) is 0 Å². The Kier molecular flexibility index (Phi) is 6.73. The Morgan fingerprint density at radius 1 is 0.760 bits per heavy atom. The van der Waals surface area contributed by atoms with E-state index in [-0.39, 0.29) is 5.16 Å². The van der Waals surface area contributed by atoms with Crippen LogP contribution in [0.3, 0.4) is 0 Å². The van der Waals surface area contributed by atoms with E-state index in [1.807, 2.05) is 0 Å². The fraction of sp³-hybridized carbons (Fsp3) is 0.0952. The maximum absolute atomic E-state index is 9.15. The lowest BCUT2D eigenvalue weighted by Crippen LogP contribution is -2.21. The summed E-state index contributed by atoms with van der Waals surface area (Å²) in [6, 6.07) is 31.9. The molecule has 1 N–H and O–H groups in total. The zero-order valence-electron chi connectivity index (χ0n) is 14.0. The molecule has 25 heavy (non-hydrogen) atoms. The van der Waals surface area contributed by atoms with Crippen LogP contribution in [0.1, 0.15) is 16.7 Å². The van der Waals surface area contributed by atoms with Crippen LogP contribution in [0.5, 0.6) is 0 Å². The lowest BCUT2D eigenvalue weighted by molar-refractivity contribution is 0.114. The zero-order chi connectivity index (χ0) is 18.1. The first-order chi connectivity index (χ1) is 12.1. The third-order valence-electron chi connectivity index (χ3n) is 3.86. The molecule has 0 aliphatic heterocycles. The van der Waals surface area contributed by atoms with E-state index in [2.05, 4.69) is 105 Å². The van der Waals surface area contributed by atoms with E-state index in [1.54, 1.807) is 0 Å². The van der Waals surface area contributed by atoms with Crippen LogP contribution in [-0.2, 0) is 9.89 Å². The average Bonchev–Trinajstić information content (AvgIpc) is 2.70. The molecule has 0 aliphatic rings. The van der Waals surface area contributed by atoms with Crippen LogP contribution in [0.2, 0.25) is 0 Å². The lowest BCUT2D eigenvalue weighted by Gasteiger charge is -2.31. The van der Waals surface area contributed by atoms with E-state index in [0.717, 1.165) is 7.11 Å². The molecule has 1 unspecified atom stereocenters. The predicted octanol–water partition coefficient (Wildman–Crippen LogP) is 5.16. The van der Waals surface area contributed by atoms with Crippen molar-refractivity contribution in [1.82, 2.24) is 0 Å². The lowest BCUT2D eigenvalue weighted by atomic mass is 9.84. The summed E-state index contributed by atoms with van der Waals surface area (Å²) >= 11 is 0. The average molecular weight is 352 g/mol. The first-order valence-corrected chi connectivity index (χ1v) is 8.39. The number of benzene rings is 3. The highest BCUT2D eigenvalue weighted by molar-refractivity contribution is 7.19. The van der Waals surface area contributed by atoms with Crippen molar-refractivity contribution >= 4 is 15.4 Å². The van der Waals surface area contributed by atoms with Gasteiger partial charge in [-0.3, -0.25) is 0 Å². The molecule has 0 saturated carbocycles. The monoisotopic (exact) mass is 352 g/mol. The molecular formula is C21H21O3P. The van der Waals surface area contributed by atoms with E-state index < -0.39 is 6.16 Å². The van der Waals surface area contributed by atoms with Crippen LogP contribution in [-0.4, -0.2) is 18.4 Å². The van der Waals surface area contributed by atoms with Gasteiger partial charge in [0.2, 0.25) is 0 Å². The first kappa shape index (κ1) is 18.7. The maximum atomic E-state index is 9.15. The summed E-state index contributed by atoms with van der Waals surface area (Å²) in [6.45, 7) is 0. The van der Waals surface area contributed by atoms with Gasteiger partial charge in [-0.05, 0) is 16.7 Å². The van der Waals surface area contributed by atoms with Crippen LogP contribution in [0.4, 0.5) is 4.79 Å². The van der Waals surface area contributed by atoms with Gasteiger partial charge >= 0.3 is 6.16 Å². The van der Waals surface area contributed by atoms with Crippen LogP contribution in [0.15, 0.2) is 91.0 Å². The number of hydrogen-bond donors (Lipinski definition) is 1. The number of ether oxygens (including phenoxy) is 1. The van der Waals surface area contributed by atoms with Crippen LogP contribution in [0, 0.1) is 0 Å². The van der Waals surface area contributed by atoms with Gasteiger partial charge in [0, 0.05) is 0 Å². The minimum Gasteiger partial charge on any atom is -0.450 e. The molecule has 3 aromatic carbocycles. The SMILES string of the molecule is COC(=O)O.PC(c1ccccc1)(c1ccccc1)c1ccccc1. The summed E-state index contributed by atoms with van der Waals surface area (Å²) in [5.41, 5.74) is 3.84. The van der Waals surface area contributed by atoms with E-state index in [0.29, 0.717) is 0 Å². The molecule has 0 spiro atoms. The van der Waals surface area contributed by atoms with Gasteiger partial charge in [-0.2, -0.15) is 0 Å². The Labute approximate surface area is 150 Å². The van der Waals surface area contributed by atoms with Gasteiger partial charge in [0.25, 0.3) is 0 Å². The smallest absolute Gasteiger partial charge is 0.450 e. The molecule has 1 atom stereocenters. The van der Waals surface area contributed by atoms with Crippen molar-refractivity contribution < 1.29 is 14.6 Å². The van der Waals surface area contributed by atoms with Gasteiger partial charge in [-0.25, -0.2) is 4.79 Å². The number of methoxy groups -OCH3 is 1. The molecule has 0 radical (unpaired) electrons. The molecule has 4 heteroatoms. The summed E-state index contributed by atoms with van der Waals surface area (Å²) in [5.74, 6) is 0. The van der Waals surface area contributed by atoms with Crippen molar-refractivity contribution in [3.63, 3.8) is 0 Å². The van der Waals surface area contributed by atoms with Crippen LogP contribution >= 0.6 is 9.24 Å². The molecule has 0 bridgehead atoms. The van der Waals surface area contributed by atoms with Crippen molar-refractivity contribution in [3.8, 4) is 0 Å². The summed E-state index contributed by atoms with van der Waals surface area (Å²) in [5, 5.41) is 7.30. The maximum Gasteiger partial charge on any atom is 0.505 e. The topological polar surface area (TPSA) is 46.5 Å². The van der Waals surface area contributed by atoms with E-state index in [1.165, 1.54) is 16.7 Å². The molecule has 0 fully saturated rings. The third-order valence-corrected chi connectivity index (χ3v) is 4.86. The minimum atomic E-state index is -1.25. The second-order valence-electron chi connectivity index (χ2n) is 5.38. The third kappa shape index (κ3) is 4.68. The Hall–Kier alpha value is -2.64. The van der Waals surface area contributed by atoms with Gasteiger partial charge in [0.1, 0.15) is 0 Å². The Morgan fingerprint density at radius 3 is 1.20 bits per heavy atom. The first-order valence-electron chi connectivity index (χ1n) is 7.81. The second-order valence-corrected chi connectivity index (χ2v) is 6.24. The number of rotatable bonds is 3. The van der Waals surface area contributed by atoms with Gasteiger partial charge in [-0.1, -0.05) is 91.0 Å². The predicted molar refractivity (Wildman–Crippen MR) is 104 cm³/mol. The van der Waals surface area contributed by atoms with Crippen LogP contribution < -0.4 is 0 Å².